The molecule has 1 unspecified atom stereocenters. The van der Waals surface area contributed by atoms with E-state index in [1.165, 1.54) is 92.8 Å². The number of fused-ring (bicyclic) bond motifs is 7. The fraction of sp³-hybridized carbons (Fsp3) is 0.0408. The van der Waals surface area contributed by atoms with Gasteiger partial charge in [0.2, 0.25) is 0 Å². The number of allylic oxidation sites excluding steroid dienone is 4. The van der Waals surface area contributed by atoms with Crippen molar-refractivity contribution in [3.63, 3.8) is 0 Å². The highest BCUT2D eigenvalue weighted by atomic mass is 14.6. The second-order valence-corrected chi connectivity index (χ2v) is 13.4. The maximum Gasteiger partial charge on any atom is 0.0273 e. The highest BCUT2D eigenvalue weighted by Gasteiger charge is 2.20. The average molecular weight is 636 g/mol. The van der Waals surface area contributed by atoms with Gasteiger partial charge < -0.3 is 0 Å². The Morgan fingerprint density at radius 1 is 0.460 bits per heavy atom. The van der Waals surface area contributed by atoms with Crippen molar-refractivity contribution in [2.45, 2.75) is 12.3 Å². The third kappa shape index (κ3) is 4.59. The summed E-state index contributed by atoms with van der Waals surface area (Å²) in [5.41, 5.74) is 8.96. The first-order valence-corrected chi connectivity index (χ1v) is 17.5. The SMILES string of the molecule is C1=CC(c2ccc(-c3cc4ccc5ccccc5c4c4ccccc34)cc2)CC=C1c1c2ccccc2c(-c2ccncc2)c2ccccc12. The number of nitrogens with zero attached hydrogens (tertiary/aromatic N) is 1. The van der Waals surface area contributed by atoms with Crippen LogP contribution in [-0.2, 0) is 0 Å². The second-order valence-electron chi connectivity index (χ2n) is 13.4. The Labute approximate surface area is 291 Å². The minimum absolute atomic E-state index is 0.334. The van der Waals surface area contributed by atoms with E-state index in [4.69, 9.17) is 0 Å². The molecule has 1 heteroatoms. The van der Waals surface area contributed by atoms with E-state index in [0.717, 1.165) is 6.42 Å². The van der Waals surface area contributed by atoms with E-state index in [2.05, 4.69) is 175 Å². The van der Waals surface area contributed by atoms with Gasteiger partial charge in [0.05, 0.1) is 0 Å². The number of pyridine rings is 1. The monoisotopic (exact) mass is 635 g/mol. The third-order valence-corrected chi connectivity index (χ3v) is 10.7. The van der Waals surface area contributed by atoms with Crippen LogP contribution in [0, 0.1) is 0 Å². The van der Waals surface area contributed by atoms with E-state index in [1.807, 2.05) is 12.4 Å². The van der Waals surface area contributed by atoms with E-state index in [1.54, 1.807) is 0 Å². The molecule has 0 aliphatic heterocycles. The third-order valence-electron chi connectivity index (χ3n) is 10.7. The molecule has 1 aromatic heterocycles. The first kappa shape index (κ1) is 28.7. The van der Waals surface area contributed by atoms with Crippen molar-refractivity contribution >= 4 is 59.4 Å². The van der Waals surface area contributed by atoms with Crippen LogP contribution in [0.25, 0.3) is 81.7 Å². The van der Waals surface area contributed by atoms with Crippen molar-refractivity contribution in [1.29, 1.82) is 0 Å². The van der Waals surface area contributed by atoms with Crippen LogP contribution in [0.1, 0.15) is 23.5 Å². The summed E-state index contributed by atoms with van der Waals surface area (Å²) >= 11 is 0. The molecule has 0 saturated carbocycles. The van der Waals surface area contributed by atoms with E-state index < -0.39 is 0 Å². The molecule has 234 valence electrons. The summed E-state index contributed by atoms with van der Waals surface area (Å²) in [5.74, 6) is 0.334. The lowest BCUT2D eigenvalue weighted by molar-refractivity contribution is 0.857. The molecular weight excluding hydrogens is 603 g/mol. The topological polar surface area (TPSA) is 12.9 Å². The molecule has 0 spiro atoms. The molecule has 0 bridgehead atoms. The van der Waals surface area contributed by atoms with Gasteiger partial charge in [-0.2, -0.15) is 0 Å². The summed E-state index contributed by atoms with van der Waals surface area (Å²) in [6.45, 7) is 0. The van der Waals surface area contributed by atoms with Crippen molar-refractivity contribution in [2.75, 3.05) is 0 Å². The molecule has 1 aliphatic carbocycles. The van der Waals surface area contributed by atoms with Crippen molar-refractivity contribution in [3.05, 3.63) is 193 Å². The van der Waals surface area contributed by atoms with Gasteiger partial charge in [-0.25, -0.2) is 0 Å². The molecule has 0 N–H and O–H groups in total. The summed E-state index contributed by atoms with van der Waals surface area (Å²) in [7, 11) is 0. The van der Waals surface area contributed by atoms with Gasteiger partial charge in [0.1, 0.15) is 0 Å². The van der Waals surface area contributed by atoms with E-state index in [-0.39, 0.29) is 0 Å². The predicted molar refractivity (Wildman–Crippen MR) is 214 cm³/mol. The fourth-order valence-corrected chi connectivity index (χ4v) is 8.35. The summed E-state index contributed by atoms with van der Waals surface area (Å²) < 4.78 is 0. The number of rotatable bonds is 4. The summed E-state index contributed by atoms with van der Waals surface area (Å²) in [5, 5.41) is 12.9. The number of hydrogen-bond donors (Lipinski definition) is 0. The van der Waals surface area contributed by atoms with Gasteiger partial charge >= 0.3 is 0 Å². The van der Waals surface area contributed by atoms with E-state index in [0.29, 0.717) is 5.92 Å². The Hall–Kier alpha value is -6.31. The highest BCUT2D eigenvalue weighted by Crippen LogP contribution is 2.44. The van der Waals surface area contributed by atoms with Crippen LogP contribution >= 0.6 is 0 Å². The molecule has 1 atom stereocenters. The largest absolute Gasteiger partial charge is 0.265 e. The Morgan fingerprint density at radius 2 is 1.04 bits per heavy atom. The molecule has 8 aromatic carbocycles. The molecule has 1 nitrogen and oxygen atoms in total. The zero-order chi connectivity index (χ0) is 33.0. The van der Waals surface area contributed by atoms with Gasteiger partial charge in [0, 0.05) is 18.3 Å². The van der Waals surface area contributed by atoms with Gasteiger partial charge in [0.15, 0.2) is 0 Å². The minimum atomic E-state index is 0.334. The van der Waals surface area contributed by atoms with Crippen LogP contribution < -0.4 is 0 Å². The van der Waals surface area contributed by atoms with Crippen LogP contribution in [0.2, 0.25) is 0 Å². The summed E-state index contributed by atoms with van der Waals surface area (Å²) in [4.78, 5) is 4.29. The molecule has 9 aromatic rings. The number of hydrogen-bond acceptors (Lipinski definition) is 1. The maximum absolute atomic E-state index is 4.29. The highest BCUT2D eigenvalue weighted by molar-refractivity contribution is 6.23. The summed E-state index contributed by atoms with van der Waals surface area (Å²) in [6, 6.07) is 55.7. The number of aromatic nitrogens is 1. The van der Waals surface area contributed by atoms with Crippen molar-refractivity contribution < 1.29 is 0 Å². The quantitative estimate of drug-likeness (QED) is 0.138. The molecule has 0 fully saturated rings. The standard InChI is InChI=1S/C49H33N/c1-2-10-39-34(9-1)23-26-38-31-46(40-11-3-4-12-41(40)49(38)39)35-21-17-32(18-22-35)33-19-24-36(25-20-33)47-42-13-5-7-15-44(42)48(37-27-29-50-30-28-37)45-16-8-6-14-43(45)47/h1-19,21-31,33H,20H2. The second kappa shape index (κ2) is 11.7. The lowest BCUT2D eigenvalue weighted by Gasteiger charge is -2.21. The lowest BCUT2D eigenvalue weighted by Crippen LogP contribution is -2.00. The zero-order valence-electron chi connectivity index (χ0n) is 27.6. The van der Waals surface area contributed by atoms with Crippen molar-refractivity contribution in [1.82, 2.24) is 4.98 Å². The average Bonchev–Trinajstić information content (AvgIpc) is 3.20. The molecule has 50 heavy (non-hydrogen) atoms. The minimum Gasteiger partial charge on any atom is -0.265 e. The van der Waals surface area contributed by atoms with E-state index >= 15 is 0 Å². The van der Waals surface area contributed by atoms with Crippen LogP contribution in [0.3, 0.4) is 0 Å². The van der Waals surface area contributed by atoms with Crippen molar-refractivity contribution in [2.24, 2.45) is 0 Å². The molecule has 1 heterocycles. The predicted octanol–water partition coefficient (Wildman–Crippen LogP) is 13.3. The normalized spacial score (nSPS) is 14.6. The van der Waals surface area contributed by atoms with E-state index in [9.17, 15) is 0 Å². The maximum atomic E-state index is 4.29. The van der Waals surface area contributed by atoms with Crippen LogP contribution in [-0.4, -0.2) is 4.98 Å². The first-order valence-electron chi connectivity index (χ1n) is 17.5. The lowest BCUT2D eigenvalue weighted by atomic mass is 9.82. The Kier molecular flexibility index (Phi) is 6.70. The van der Waals surface area contributed by atoms with Crippen LogP contribution in [0.4, 0.5) is 0 Å². The first-order chi connectivity index (χ1) is 24.8. The van der Waals surface area contributed by atoms with Gasteiger partial charge in [-0.3, -0.25) is 4.98 Å². The summed E-state index contributed by atoms with van der Waals surface area (Å²) in [6.07, 6.45) is 11.9. The Bertz CT molecular complexity index is 2770. The van der Waals surface area contributed by atoms with Crippen molar-refractivity contribution in [3.8, 4) is 22.3 Å². The molecule has 1 aliphatic rings. The van der Waals surface area contributed by atoms with Crippen LogP contribution in [0.15, 0.2) is 182 Å². The van der Waals surface area contributed by atoms with Gasteiger partial charge in [-0.05, 0) is 117 Å². The van der Waals surface area contributed by atoms with Gasteiger partial charge in [-0.15, -0.1) is 0 Å². The Balaban J connectivity index is 1.01. The Morgan fingerprint density at radius 3 is 1.70 bits per heavy atom. The van der Waals surface area contributed by atoms with Gasteiger partial charge in [-0.1, -0.05) is 152 Å². The number of benzene rings is 8. The van der Waals surface area contributed by atoms with Gasteiger partial charge in [0.25, 0.3) is 0 Å². The molecule has 0 radical (unpaired) electrons. The molecular formula is C49H33N. The molecule has 10 rings (SSSR count). The smallest absolute Gasteiger partial charge is 0.0273 e. The molecule has 0 amide bonds. The van der Waals surface area contributed by atoms with Crippen LogP contribution in [0.5, 0.6) is 0 Å². The zero-order valence-corrected chi connectivity index (χ0v) is 27.6. The molecule has 0 saturated heterocycles. The fourth-order valence-electron chi connectivity index (χ4n) is 8.35.